The molecule has 1 N–H and O–H groups in total. The van der Waals surface area contributed by atoms with Crippen LogP contribution in [0.2, 0.25) is 0 Å². The van der Waals surface area contributed by atoms with Gasteiger partial charge in [-0.2, -0.15) is 4.98 Å². The van der Waals surface area contributed by atoms with Gasteiger partial charge < -0.3 is 15.1 Å². The Morgan fingerprint density at radius 2 is 1.75 bits per heavy atom. The Balaban J connectivity index is 1.22. The molecule has 1 aromatic heterocycles. The molecule has 0 spiro atoms. The summed E-state index contributed by atoms with van der Waals surface area (Å²) < 4.78 is 0. The van der Waals surface area contributed by atoms with Gasteiger partial charge >= 0.3 is 0 Å². The van der Waals surface area contributed by atoms with Crippen LogP contribution in [-0.2, 0) is 0 Å². The highest BCUT2D eigenvalue weighted by Gasteiger charge is 2.31. The number of piperidine rings is 1. The Kier molecular flexibility index (Phi) is 8.36. The van der Waals surface area contributed by atoms with Crippen molar-refractivity contribution in [3.63, 3.8) is 0 Å². The predicted molar refractivity (Wildman–Crippen MR) is 146 cm³/mol. The topological polar surface area (TPSA) is 64.6 Å². The van der Waals surface area contributed by atoms with Crippen LogP contribution in [0, 0.1) is 6.92 Å². The van der Waals surface area contributed by atoms with Gasteiger partial charge in [0.05, 0.1) is 0 Å². The fourth-order valence-electron chi connectivity index (χ4n) is 6.10. The molecule has 5 rings (SSSR count). The lowest BCUT2D eigenvalue weighted by Crippen LogP contribution is -2.51. The molecule has 0 aliphatic carbocycles. The molecule has 1 aromatic carbocycles. The molecule has 3 fully saturated rings. The molecule has 3 saturated heterocycles. The molecule has 7 nitrogen and oxygen atoms in total. The number of carbonyl (C=O) groups excluding carboxylic acids is 1. The second-order valence-electron chi connectivity index (χ2n) is 10.9. The lowest BCUT2D eigenvalue weighted by molar-refractivity contribution is 0.0575. The van der Waals surface area contributed by atoms with Crippen molar-refractivity contribution in [1.29, 1.82) is 0 Å². The summed E-state index contributed by atoms with van der Waals surface area (Å²) in [6, 6.07) is 10.8. The molecule has 3 aliphatic rings. The number of aryl methyl sites for hydroxylation is 1. The van der Waals surface area contributed by atoms with Gasteiger partial charge in [-0.25, -0.2) is 4.98 Å². The SMILES string of the molecule is Cc1cccc(C(=O)N2CCCC(N3CCCCC(Nc4nccc(N5CCCCCC5)n4)C3)C2)c1. The van der Waals surface area contributed by atoms with E-state index in [9.17, 15) is 4.79 Å². The summed E-state index contributed by atoms with van der Waals surface area (Å²) in [5.74, 6) is 1.98. The van der Waals surface area contributed by atoms with Crippen LogP contribution < -0.4 is 10.2 Å². The number of nitrogens with one attached hydrogen (secondary N) is 1. The zero-order valence-electron chi connectivity index (χ0n) is 21.9. The molecule has 2 atom stereocenters. The zero-order chi connectivity index (χ0) is 24.7. The molecule has 0 bridgehead atoms. The number of amides is 1. The van der Waals surface area contributed by atoms with E-state index < -0.39 is 0 Å². The first-order valence-electron chi connectivity index (χ1n) is 14.1. The van der Waals surface area contributed by atoms with Gasteiger partial charge in [-0.05, 0) is 70.2 Å². The van der Waals surface area contributed by atoms with Gasteiger partial charge in [0.15, 0.2) is 0 Å². The first-order chi connectivity index (χ1) is 17.7. The van der Waals surface area contributed by atoms with Crippen LogP contribution in [0.3, 0.4) is 0 Å². The average Bonchev–Trinajstić information content (AvgIpc) is 3.32. The molecule has 2 unspecified atom stereocenters. The van der Waals surface area contributed by atoms with Crippen LogP contribution in [0.4, 0.5) is 11.8 Å². The van der Waals surface area contributed by atoms with Crippen molar-refractivity contribution in [2.75, 3.05) is 49.5 Å². The number of anilines is 2. The molecular weight excluding hydrogens is 448 g/mol. The third-order valence-electron chi connectivity index (χ3n) is 8.07. The molecule has 1 amide bonds. The first kappa shape index (κ1) is 25.0. The molecule has 36 heavy (non-hydrogen) atoms. The van der Waals surface area contributed by atoms with Crippen molar-refractivity contribution in [2.24, 2.45) is 0 Å². The number of nitrogens with zero attached hydrogens (tertiary/aromatic N) is 5. The highest BCUT2D eigenvalue weighted by atomic mass is 16.2. The van der Waals surface area contributed by atoms with Crippen LogP contribution in [0.15, 0.2) is 36.5 Å². The third-order valence-corrected chi connectivity index (χ3v) is 8.07. The molecule has 3 aliphatic heterocycles. The summed E-state index contributed by atoms with van der Waals surface area (Å²) in [5.41, 5.74) is 1.95. The normalized spacial score (nSPS) is 24.1. The third kappa shape index (κ3) is 6.36. The highest BCUT2D eigenvalue weighted by molar-refractivity contribution is 5.94. The number of aromatic nitrogens is 2. The number of hydrogen-bond acceptors (Lipinski definition) is 6. The van der Waals surface area contributed by atoms with Gasteiger partial charge in [-0.1, -0.05) is 37.0 Å². The monoisotopic (exact) mass is 490 g/mol. The van der Waals surface area contributed by atoms with E-state index in [4.69, 9.17) is 4.98 Å². The Hall–Kier alpha value is -2.67. The van der Waals surface area contributed by atoms with Crippen LogP contribution in [-0.4, -0.2) is 77.0 Å². The van der Waals surface area contributed by atoms with Crippen LogP contribution in [0.25, 0.3) is 0 Å². The Labute approximate surface area is 216 Å². The molecule has 0 saturated carbocycles. The molecule has 0 radical (unpaired) electrons. The molecular formula is C29H42N6O. The minimum absolute atomic E-state index is 0.173. The zero-order valence-corrected chi connectivity index (χ0v) is 21.9. The summed E-state index contributed by atoms with van der Waals surface area (Å²) >= 11 is 0. The Morgan fingerprint density at radius 3 is 2.58 bits per heavy atom. The van der Waals surface area contributed by atoms with E-state index >= 15 is 0 Å². The van der Waals surface area contributed by atoms with Crippen molar-refractivity contribution < 1.29 is 4.79 Å². The molecule has 2 aromatic rings. The van der Waals surface area contributed by atoms with E-state index in [2.05, 4.69) is 31.1 Å². The van der Waals surface area contributed by atoms with Gasteiger partial charge in [-0.3, -0.25) is 9.69 Å². The number of likely N-dealkylation sites (tertiary alicyclic amines) is 2. The molecule has 7 heteroatoms. The second kappa shape index (κ2) is 12.0. The van der Waals surface area contributed by atoms with Gasteiger partial charge in [-0.15, -0.1) is 0 Å². The van der Waals surface area contributed by atoms with Crippen LogP contribution in [0.1, 0.15) is 73.7 Å². The standard InChI is InChI=1S/C29H42N6O/c1-23-10-8-11-24(20-23)28(36)35-19-9-13-26(22-35)34-18-7-4-12-25(21-34)31-29-30-15-14-27(32-29)33-16-5-2-3-6-17-33/h8,10-11,14-15,20,25-26H,2-7,9,12-13,16-19,21-22H2,1H3,(H,30,31,32). The van der Waals surface area contributed by atoms with Gasteiger partial charge in [0.2, 0.25) is 5.95 Å². The maximum absolute atomic E-state index is 13.2. The summed E-state index contributed by atoms with van der Waals surface area (Å²) in [4.78, 5) is 29.8. The van der Waals surface area contributed by atoms with Crippen molar-refractivity contribution in [3.8, 4) is 0 Å². The van der Waals surface area contributed by atoms with Crippen LogP contribution in [0.5, 0.6) is 0 Å². The smallest absolute Gasteiger partial charge is 0.253 e. The Bertz CT molecular complexity index is 1000. The minimum Gasteiger partial charge on any atom is -0.356 e. The number of rotatable bonds is 5. The van der Waals surface area contributed by atoms with Crippen molar-refractivity contribution in [2.45, 2.75) is 76.8 Å². The fourth-order valence-corrected chi connectivity index (χ4v) is 6.10. The average molecular weight is 491 g/mol. The van der Waals surface area contributed by atoms with Crippen molar-refractivity contribution in [3.05, 3.63) is 47.7 Å². The highest BCUT2D eigenvalue weighted by Crippen LogP contribution is 2.24. The van der Waals surface area contributed by atoms with E-state index in [0.29, 0.717) is 12.1 Å². The second-order valence-corrected chi connectivity index (χ2v) is 10.9. The maximum Gasteiger partial charge on any atom is 0.253 e. The van der Waals surface area contributed by atoms with Crippen LogP contribution >= 0.6 is 0 Å². The predicted octanol–water partition coefficient (Wildman–Crippen LogP) is 4.74. The summed E-state index contributed by atoms with van der Waals surface area (Å²) in [6.45, 7) is 7.99. The molecule has 4 heterocycles. The van der Waals surface area contributed by atoms with E-state index in [1.165, 1.54) is 38.5 Å². The largest absolute Gasteiger partial charge is 0.356 e. The van der Waals surface area contributed by atoms with E-state index in [0.717, 1.165) is 81.4 Å². The quantitative estimate of drug-likeness (QED) is 0.653. The fraction of sp³-hybridized carbons (Fsp3) is 0.621. The molecule has 194 valence electrons. The lowest BCUT2D eigenvalue weighted by Gasteiger charge is -2.40. The van der Waals surface area contributed by atoms with Gasteiger partial charge in [0, 0.05) is 56.6 Å². The van der Waals surface area contributed by atoms with Gasteiger partial charge in [0.1, 0.15) is 5.82 Å². The maximum atomic E-state index is 13.2. The number of benzene rings is 1. The van der Waals surface area contributed by atoms with Gasteiger partial charge in [0.25, 0.3) is 5.91 Å². The minimum atomic E-state index is 0.173. The summed E-state index contributed by atoms with van der Waals surface area (Å²) in [5, 5.41) is 3.68. The Morgan fingerprint density at radius 1 is 0.917 bits per heavy atom. The number of carbonyl (C=O) groups is 1. The van der Waals surface area contributed by atoms with Crippen molar-refractivity contribution in [1.82, 2.24) is 19.8 Å². The number of hydrogen-bond donors (Lipinski definition) is 1. The van der Waals surface area contributed by atoms with Crippen molar-refractivity contribution >= 4 is 17.7 Å². The summed E-state index contributed by atoms with van der Waals surface area (Å²) in [6.07, 6.45) is 12.8. The first-order valence-corrected chi connectivity index (χ1v) is 14.1. The van der Waals surface area contributed by atoms with E-state index in [1.54, 1.807) is 0 Å². The van der Waals surface area contributed by atoms with E-state index in [1.807, 2.05) is 37.4 Å². The lowest BCUT2D eigenvalue weighted by atomic mass is 10.0. The van der Waals surface area contributed by atoms with E-state index in [-0.39, 0.29) is 5.91 Å². The summed E-state index contributed by atoms with van der Waals surface area (Å²) in [7, 11) is 0.